The fraction of sp³-hybridized carbons (Fsp3) is 0.263. The molecule has 1 N–H and O–H groups in total. The van der Waals surface area contributed by atoms with Crippen molar-refractivity contribution in [3.05, 3.63) is 58.7 Å². The van der Waals surface area contributed by atoms with E-state index in [2.05, 4.69) is 5.32 Å². The summed E-state index contributed by atoms with van der Waals surface area (Å²) in [6.45, 7) is 1.60. The third-order valence-electron chi connectivity index (χ3n) is 4.51. The van der Waals surface area contributed by atoms with Gasteiger partial charge >= 0.3 is 6.09 Å². The molecule has 128 valence electrons. The summed E-state index contributed by atoms with van der Waals surface area (Å²) in [7, 11) is 1.67. The van der Waals surface area contributed by atoms with Gasteiger partial charge in [-0.15, -0.1) is 0 Å². The fourth-order valence-electron chi connectivity index (χ4n) is 3.18. The molecule has 0 saturated heterocycles. The molecule has 25 heavy (non-hydrogen) atoms. The lowest BCUT2D eigenvalue weighted by Crippen LogP contribution is -2.33. The maximum atomic E-state index is 12.7. The Balaban J connectivity index is 1.58. The predicted octanol–water partition coefficient (Wildman–Crippen LogP) is 2.96. The number of amides is 2. The van der Waals surface area contributed by atoms with E-state index in [1.54, 1.807) is 19.2 Å². The lowest BCUT2D eigenvalue weighted by atomic mass is 9.97. The fourth-order valence-corrected chi connectivity index (χ4v) is 3.18. The summed E-state index contributed by atoms with van der Waals surface area (Å²) >= 11 is 0. The van der Waals surface area contributed by atoms with E-state index in [9.17, 15) is 9.59 Å². The van der Waals surface area contributed by atoms with E-state index in [4.69, 9.17) is 9.47 Å². The monoisotopic (exact) mass is 338 g/mol. The minimum atomic E-state index is -0.375. The third kappa shape index (κ3) is 2.96. The molecule has 2 amide bonds. The van der Waals surface area contributed by atoms with Gasteiger partial charge in [-0.1, -0.05) is 12.1 Å². The second kappa shape index (κ2) is 6.22. The molecule has 4 rings (SSSR count). The maximum absolute atomic E-state index is 12.7. The molecule has 6 heteroatoms. The van der Waals surface area contributed by atoms with Crippen molar-refractivity contribution in [2.75, 3.05) is 19.0 Å². The first-order chi connectivity index (χ1) is 12.1. The van der Waals surface area contributed by atoms with Crippen molar-refractivity contribution >= 4 is 17.7 Å². The molecule has 2 aromatic rings. The second-order valence-electron chi connectivity index (χ2n) is 6.25. The maximum Gasteiger partial charge on any atom is 0.415 e. The van der Waals surface area contributed by atoms with Crippen LogP contribution in [0.1, 0.15) is 27.0 Å². The summed E-state index contributed by atoms with van der Waals surface area (Å²) in [5.41, 5.74) is 4.29. The quantitative estimate of drug-likeness (QED) is 0.914. The van der Waals surface area contributed by atoms with Crippen LogP contribution in [0.3, 0.4) is 0 Å². The average Bonchev–Trinajstić information content (AvgIpc) is 2.62. The highest BCUT2D eigenvalue weighted by molar-refractivity contribution is 6.05. The molecule has 2 aromatic carbocycles. The van der Waals surface area contributed by atoms with Gasteiger partial charge in [-0.2, -0.15) is 0 Å². The summed E-state index contributed by atoms with van der Waals surface area (Å²) in [6, 6.07) is 11.0. The number of rotatable bonds is 2. The van der Waals surface area contributed by atoms with Gasteiger partial charge in [0.25, 0.3) is 5.91 Å². The summed E-state index contributed by atoms with van der Waals surface area (Å²) in [5, 5.41) is 2.93. The molecule has 2 aliphatic rings. The number of benzene rings is 2. The summed E-state index contributed by atoms with van der Waals surface area (Å²) in [6.07, 6.45) is 0.452. The average molecular weight is 338 g/mol. The zero-order valence-corrected chi connectivity index (χ0v) is 13.9. The van der Waals surface area contributed by atoms with Gasteiger partial charge in [-0.25, -0.2) is 4.79 Å². The second-order valence-corrected chi connectivity index (χ2v) is 6.25. The third-order valence-corrected chi connectivity index (χ3v) is 4.51. The zero-order valence-electron chi connectivity index (χ0n) is 13.9. The highest BCUT2D eigenvalue weighted by atomic mass is 16.6. The Bertz CT molecular complexity index is 862. The van der Waals surface area contributed by atoms with Crippen molar-refractivity contribution in [3.8, 4) is 5.75 Å². The van der Waals surface area contributed by atoms with Crippen LogP contribution in [0, 0.1) is 0 Å². The molecule has 2 aliphatic heterocycles. The summed E-state index contributed by atoms with van der Waals surface area (Å²) < 4.78 is 10.7. The lowest BCUT2D eigenvalue weighted by molar-refractivity contribution is 0.0985. The summed E-state index contributed by atoms with van der Waals surface area (Å²) in [4.78, 5) is 25.8. The molecule has 2 heterocycles. The summed E-state index contributed by atoms with van der Waals surface area (Å²) in [5.74, 6) is 0.370. The number of nitrogens with one attached hydrogen (secondary N) is 1. The van der Waals surface area contributed by atoms with E-state index < -0.39 is 0 Å². The van der Waals surface area contributed by atoms with Crippen LogP contribution in [0.5, 0.6) is 5.75 Å². The minimum Gasteiger partial charge on any atom is -0.410 e. The Morgan fingerprint density at radius 3 is 2.96 bits per heavy atom. The Labute approximate surface area is 145 Å². The van der Waals surface area contributed by atoms with Crippen LogP contribution in [0.4, 0.5) is 10.5 Å². The number of nitrogens with zero attached hydrogens (tertiary/aromatic N) is 1. The molecule has 0 saturated carbocycles. The molecule has 0 fully saturated rings. The van der Waals surface area contributed by atoms with Crippen LogP contribution >= 0.6 is 0 Å². The Morgan fingerprint density at radius 1 is 1.20 bits per heavy atom. The largest absolute Gasteiger partial charge is 0.415 e. The van der Waals surface area contributed by atoms with Gasteiger partial charge in [0.15, 0.2) is 0 Å². The zero-order chi connectivity index (χ0) is 17.4. The number of ether oxygens (including phenoxy) is 2. The standard InChI is InChI=1S/C19H18N2O4/c1-21-10-13-9-14(5-6-17(13)25-19(21)23)20-18(22)15-4-2-3-12-7-8-24-11-16(12)15/h2-6,9H,7-8,10-11H2,1H3,(H,20,22). The number of carbonyl (C=O) groups is 2. The van der Waals surface area contributed by atoms with Crippen LogP contribution < -0.4 is 10.1 Å². The number of fused-ring (bicyclic) bond motifs is 2. The first kappa shape index (κ1) is 15.7. The van der Waals surface area contributed by atoms with Crippen molar-refractivity contribution in [2.24, 2.45) is 0 Å². The van der Waals surface area contributed by atoms with Crippen molar-refractivity contribution in [1.82, 2.24) is 4.90 Å². The van der Waals surface area contributed by atoms with Crippen molar-refractivity contribution in [3.63, 3.8) is 0 Å². The minimum absolute atomic E-state index is 0.163. The van der Waals surface area contributed by atoms with Crippen molar-refractivity contribution in [2.45, 2.75) is 19.6 Å². The molecular formula is C19H18N2O4. The highest BCUT2D eigenvalue weighted by Crippen LogP contribution is 2.29. The van der Waals surface area contributed by atoms with Gasteiger partial charge in [-0.05, 0) is 41.8 Å². The molecular weight excluding hydrogens is 320 g/mol. The van der Waals surface area contributed by atoms with E-state index in [1.807, 2.05) is 24.3 Å². The van der Waals surface area contributed by atoms with Crippen molar-refractivity contribution in [1.29, 1.82) is 0 Å². The van der Waals surface area contributed by atoms with Gasteiger partial charge in [-0.3, -0.25) is 4.79 Å². The van der Waals surface area contributed by atoms with Crippen LogP contribution in [-0.2, 0) is 24.3 Å². The van der Waals surface area contributed by atoms with Crippen LogP contribution in [0.25, 0.3) is 0 Å². The molecule has 0 aromatic heterocycles. The van der Waals surface area contributed by atoms with Gasteiger partial charge in [0.2, 0.25) is 0 Å². The van der Waals surface area contributed by atoms with E-state index in [-0.39, 0.29) is 12.0 Å². The number of hydrogen-bond acceptors (Lipinski definition) is 4. The number of carbonyl (C=O) groups excluding carboxylic acids is 2. The SMILES string of the molecule is CN1Cc2cc(NC(=O)c3cccc4c3COCC4)ccc2OC1=O. The smallest absolute Gasteiger partial charge is 0.410 e. The number of hydrogen-bond donors (Lipinski definition) is 1. The molecule has 0 bridgehead atoms. The van der Waals surface area contributed by atoms with Crippen LogP contribution in [0.2, 0.25) is 0 Å². The van der Waals surface area contributed by atoms with Gasteiger partial charge in [0.05, 0.1) is 19.8 Å². The Morgan fingerprint density at radius 2 is 2.08 bits per heavy atom. The van der Waals surface area contributed by atoms with Crippen molar-refractivity contribution < 1.29 is 19.1 Å². The van der Waals surface area contributed by atoms with Crippen LogP contribution in [-0.4, -0.2) is 30.6 Å². The molecule has 0 atom stereocenters. The predicted molar refractivity (Wildman–Crippen MR) is 91.7 cm³/mol. The highest BCUT2D eigenvalue weighted by Gasteiger charge is 2.23. The van der Waals surface area contributed by atoms with Crippen LogP contribution in [0.15, 0.2) is 36.4 Å². The normalized spacial score (nSPS) is 15.9. The van der Waals surface area contributed by atoms with E-state index in [0.717, 1.165) is 23.1 Å². The number of anilines is 1. The topological polar surface area (TPSA) is 67.9 Å². The lowest BCUT2D eigenvalue weighted by Gasteiger charge is -2.25. The van der Waals surface area contributed by atoms with Gasteiger partial charge < -0.3 is 19.7 Å². The van der Waals surface area contributed by atoms with Gasteiger partial charge in [0.1, 0.15) is 5.75 Å². The van der Waals surface area contributed by atoms with E-state index in [1.165, 1.54) is 4.90 Å². The molecule has 0 unspecified atom stereocenters. The van der Waals surface area contributed by atoms with Gasteiger partial charge in [0, 0.05) is 23.9 Å². The molecule has 0 radical (unpaired) electrons. The molecule has 6 nitrogen and oxygen atoms in total. The Kier molecular flexibility index (Phi) is 3.89. The molecule has 0 aliphatic carbocycles. The first-order valence-corrected chi connectivity index (χ1v) is 8.17. The van der Waals surface area contributed by atoms with E-state index in [0.29, 0.717) is 36.8 Å². The first-order valence-electron chi connectivity index (χ1n) is 8.17. The molecule has 0 spiro atoms. The Hall–Kier alpha value is -2.86. The van der Waals surface area contributed by atoms with E-state index >= 15 is 0 Å².